The van der Waals surface area contributed by atoms with E-state index in [9.17, 15) is 22.8 Å². The maximum Gasteiger partial charge on any atom is 0.344 e. The number of aliphatic imine (C=N–C) groups is 1. The van der Waals surface area contributed by atoms with Gasteiger partial charge in [-0.25, -0.2) is 14.6 Å². The molecule has 0 radical (unpaired) electrons. The summed E-state index contributed by atoms with van der Waals surface area (Å²) in [5.41, 5.74) is 12.1. The van der Waals surface area contributed by atoms with Gasteiger partial charge < -0.3 is 25.7 Å². The van der Waals surface area contributed by atoms with Gasteiger partial charge in [-0.3, -0.25) is 9.35 Å². The smallest absolute Gasteiger partial charge is 0.344 e. The van der Waals surface area contributed by atoms with Crippen molar-refractivity contribution in [2.24, 2.45) is 16.5 Å². The van der Waals surface area contributed by atoms with E-state index < -0.39 is 40.6 Å². The maximum atomic E-state index is 12.3. The Morgan fingerprint density at radius 2 is 1.54 bits per heavy atom. The van der Waals surface area contributed by atoms with Gasteiger partial charge in [0.2, 0.25) is 0 Å². The summed E-state index contributed by atoms with van der Waals surface area (Å²) < 4.78 is 40.8. The molecule has 0 aliphatic heterocycles. The van der Waals surface area contributed by atoms with Gasteiger partial charge in [0.25, 0.3) is 10.1 Å². The van der Waals surface area contributed by atoms with Crippen molar-refractivity contribution in [3.8, 4) is 5.75 Å². The Kier molecular flexibility index (Phi) is 11.3. The van der Waals surface area contributed by atoms with Crippen molar-refractivity contribution in [3.05, 3.63) is 59.7 Å². The molecule has 0 saturated heterocycles. The average molecular weight is 510 g/mol. The molecule has 2 aromatic carbocycles. The summed E-state index contributed by atoms with van der Waals surface area (Å²) in [6.45, 7) is 3.09. The fraction of sp³-hybridized carbons (Fsp3) is 0.273. The molecule has 0 saturated carbocycles. The fourth-order valence-electron chi connectivity index (χ4n) is 2.41. The number of esters is 3. The number of rotatable bonds is 8. The lowest BCUT2D eigenvalue weighted by Crippen LogP contribution is -2.21. The first-order chi connectivity index (χ1) is 16.3. The van der Waals surface area contributed by atoms with Crippen molar-refractivity contribution in [3.63, 3.8) is 0 Å². The topological polar surface area (TPSA) is 198 Å². The lowest BCUT2D eigenvalue weighted by Gasteiger charge is -2.12. The third-order valence-corrected chi connectivity index (χ3v) is 3.94. The minimum atomic E-state index is -3.67. The van der Waals surface area contributed by atoms with Crippen LogP contribution in [-0.2, 0) is 29.2 Å². The lowest BCUT2D eigenvalue weighted by atomic mass is 10.0. The quantitative estimate of drug-likeness (QED) is 0.153. The molecule has 5 N–H and O–H groups in total. The Morgan fingerprint density at radius 3 is 2.03 bits per heavy atom. The molecular formula is C22H27N3O9S. The number of guanidine groups is 1. The van der Waals surface area contributed by atoms with E-state index in [2.05, 4.69) is 4.99 Å². The van der Waals surface area contributed by atoms with Crippen LogP contribution < -0.4 is 16.2 Å². The molecule has 35 heavy (non-hydrogen) atoms. The number of carbonyl (C=O) groups excluding carboxylic acids is 3. The highest BCUT2D eigenvalue weighted by Gasteiger charge is 2.19. The van der Waals surface area contributed by atoms with Crippen molar-refractivity contribution < 1.29 is 41.6 Å². The normalized spacial score (nSPS) is 11.2. The standard InChI is InChI=1S/C21H23N3O6.CH4O3S/c1-3-28-18(25)12-29-19(26)13(2)14-6-10-17(11-7-14)30-20(27)15-4-8-16(9-5-15)24-21(22)23;1-5(2,3)4/h4-11,13H,3,12H2,1-2H3,(H4,22,23,24);1H3,(H,2,3,4). The van der Waals surface area contributed by atoms with Gasteiger partial charge in [-0.1, -0.05) is 12.1 Å². The molecule has 2 aromatic rings. The molecule has 0 aromatic heterocycles. The molecule has 0 bridgehead atoms. The van der Waals surface area contributed by atoms with E-state index in [-0.39, 0.29) is 12.6 Å². The monoisotopic (exact) mass is 509 g/mol. The largest absolute Gasteiger partial charge is 0.463 e. The maximum absolute atomic E-state index is 12.3. The molecule has 0 aliphatic rings. The van der Waals surface area contributed by atoms with Gasteiger partial charge >= 0.3 is 17.9 Å². The van der Waals surface area contributed by atoms with E-state index in [0.29, 0.717) is 28.8 Å². The summed E-state index contributed by atoms with van der Waals surface area (Å²) in [6.07, 6.45) is 0.715. The molecule has 2 rings (SSSR count). The number of hydrogen-bond donors (Lipinski definition) is 3. The van der Waals surface area contributed by atoms with E-state index in [1.807, 2.05) is 0 Å². The summed E-state index contributed by atoms with van der Waals surface area (Å²) in [5.74, 6) is -2.10. The van der Waals surface area contributed by atoms with Crippen LogP contribution in [0, 0.1) is 0 Å². The molecule has 0 fully saturated rings. The predicted octanol–water partition coefficient (Wildman–Crippen LogP) is 1.52. The zero-order chi connectivity index (χ0) is 26.6. The van der Waals surface area contributed by atoms with Crippen LogP contribution in [0.5, 0.6) is 5.75 Å². The minimum Gasteiger partial charge on any atom is -0.463 e. The number of hydrogen-bond acceptors (Lipinski definition) is 9. The van der Waals surface area contributed by atoms with Crippen LogP contribution in [0.4, 0.5) is 5.69 Å². The third kappa shape index (κ3) is 12.2. The second kappa shape index (κ2) is 13.7. The van der Waals surface area contributed by atoms with Crippen molar-refractivity contribution in [2.45, 2.75) is 19.8 Å². The second-order valence-corrected chi connectivity index (χ2v) is 8.38. The van der Waals surface area contributed by atoms with Crippen LogP contribution in [0.1, 0.15) is 35.7 Å². The van der Waals surface area contributed by atoms with Crippen LogP contribution in [0.3, 0.4) is 0 Å². The molecule has 0 amide bonds. The minimum absolute atomic E-state index is 0.0792. The van der Waals surface area contributed by atoms with Crippen LogP contribution in [0.25, 0.3) is 0 Å². The first kappa shape index (κ1) is 29.1. The number of ether oxygens (including phenoxy) is 3. The zero-order valence-electron chi connectivity index (χ0n) is 19.3. The highest BCUT2D eigenvalue weighted by atomic mass is 32.2. The van der Waals surface area contributed by atoms with E-state index in [1.54, 1.807) is 62.4 Å². The molecule has 0 aliphatic carbocycles. The number of carbonyl (C=O) groups is 3. The Bertz CT molecular complexity index is 1130. The summed E-state index contributed by atoms with van der Waals surface area (Å²) in [7, 11) is -3.67. The third-order valence-electron chi connectivity index (χ3n) is 3.94. The molecule has 0 heterocycles. The number of benzene rings is 2. The predicted molar refractivity (Wildman–Crippen MR) is 127 cm³/mol. The molecule has 0 spiro atoms. The summed E-state index contributed by atoms with van der Waals surface area (Å²) in [6, 6.07) is 12.7. The molecule has 1 atom stereocenters. The Labute approximate surface area is 202 Å². The van der Waals surface area contributed by atoms with Gasteiger partial charge in [0, 0.05) is 0 Å². The van der Waals surface area contributed by atoms with Crippen molar-refractivity contribution in [1.29, 1.82) is 0 Å². The highest BCUT2D eigenvalue weighted by Crippen LogP contribution is 2.22. The van der Waals surface area contributed by atoms with Crippen LogP contribution >= 0.6 is 0 Å². The van der Waals surface area contributed by atoms with Crippen molar-refractivity contribution >= 4 is 39.7 Å². The van der Waals surface area contributed by atoms with Gasteiger partial charge in [-0.2, -0.15) is 8.42 Å². The second-order valence-electron chi connectivity index (χ2n) is 6.91. The van der Waals surface area contributed by atoms with E-state index in [4.69, 9.17) is 30.2 Å². The van der Waals surface area contributed by atoms with Gasteiger partial charge in [0.05, 0.1) is 30.0 Å². The van der Waals surface area contributed by atoms with Gasteiger partial charge in [0.1, 0.15) is 5.75 Å². The molecular weight excluding hydrogens is 482 g/mol. The van der Waals surface area contributed by atoms with Crippen LogP contribution in [0.2, 0.25) is 0 Å². The Hall–Kier alpha value is -3.97. The van der Waals surface area contributed by atoms with E-state index in [1.165, 1.54) is 0 Å². The molecule has 12 nitrogen and oxygen atoms in total. The molecule has 190 valence electrons. The highest BCUT2D eigenvalue weighted by molar-refractivity contribution is 7.85. The SMILES string of the molecule is CCOC(=O)COC(=O)C(C)c1ccc(OC(=O)c2ccc(N=C(N)N)cc2)cc1.CS(=O)(=O)O. The summed E-state index contributed by atoms with van der Waals surface area (Å²) in [4.78, 5) is 39.4. The Morgan fingerprint density at radius 1 is 1.00 bits per heavy atom. The van der Waals surface area contributed by atoms with E-state index in [0.717, 1.165) is 0 Å². The van der Waals surface area contributed by atoms with Crippen LogP contribution in [-0.4, -0.2) is 56.3 Å². The lowest BCUT2D eigenvalue weighted by molar-refractivity contribution is -0.159. The summed E-state index contributed by atoms with van der Waals surface area (Å²) >= 11 is 0. The average Bonchev–Trinajstić information content (AvgIpc) is 2.76. The number of nitrogens with zero attached hydrogens (tertiary/aromatic N) is 1. The zero-order valence-corrected chi connectivity index (χ0v) is 20.2. The van der Waals surface area contributed by atoms with Gasteiger partial charge in [-0.05, 0) is 55.8 Å². The van der Waals surface area contributed by atoms with Gasteiger partial charge in [-0.15, -0.1) is 0 Å². The van der Waals surface area contributed by atoms with Gasteiger partial charge in [0.15, 0.2) is 12.6 Å². The molecule has 13 heteroatoms. The first-order valence-corrected chi connectivity index (χ1v) is 11.9. The van der Waals surface area contributed by atoms with Crippen molar-refractivity contribution in [2.75, 3.05) is 19.5 Å². The fourth-order valence-corrected chi connectivity index (χ4v) is 2.41. The Balaban J connectivity index is 0.00000111. The van der Waals surface area contributed by atoms with E-state index >= 15 is 0 Å². The van der Waals surface area contributed by atoms with Crippen molar-refractivity contribution in [1.82, 2.24) is 0 Å². The van der Waals surface area contributed by atoms with Crippen LogP contribution in [0.15, 0.2) is 53.5 Å². The molecule has 1 unspecified atom stereocenters. The summed E-state index contributed by atoms with van der Waals surface area (Å²) in [5, 5.41) is 0. The first-order valence-electron chi connectivity index (χ1n) is 10.1. The number of nitrogens with two attached hydrogens (primary N) is 2.